The van der Waals surface area contributed by atoms with Crippen LogP contribution in [0.15, 0.2) is 30.5 Å². The number of aromatic nitrogens is 2. The molecular weight excluding hydrogens is 336 g/mol. The van der Waals surface area contributed by atoms with Crippen LogP contribution < -0.4 is 9.64 Å². The fourth-order valence-corrected chi connectivity index (χ4v) is 4.61. The highest BCUT2D eigenvalue weighted by Crippen LogP contribution is 2.45. The molecule has 0 amide bonds. The fraction of sp³-hybridized carbons (Fsp3) is 0.474. The van der Waals surface area contributed by atoms with Gasteiger partial charge in [0.05, 0.1) is 13.3 Å². The van der Waals surface area contributed by atoms with Crippen LogP contribution in [0.1, 0.15) is 17.4 Å². The number of rotatable bonds is 3. The molecule has 25 heavy (non-hydrogen) atoms. The third-order valence-corrected chi connectivity index (χ3v) is 5.76. The first kappa shape index (κ1) is 16.6. The highest BCUT2D eigenvalue weighted by molar-refractivity contribution is 6.32. The van der Waals surface area contributed by atoms with Crippen LogP contribution in [-0.2, 0) is 0 Å². The van der Waals surface area contributed by atoms with Crippen molar-refractivity contribution in [2.24, 2.45) is 11.8 Å². The molecule has 0 bridgehead atoms. The zero-order valence-electron chi connectivity index (χ0n) is 14.8. The van der Waals surface area contributed by atoms with E-state index >= 15 is 0 Å². The van der Waals surface area contributed by atoms with Gasteiger partial charge in [-0.3, -0.25) is 4.90 Å². The topological polar surface area (TPSA) is 41.5 Å². The van der Waals surface area contributed by atoms with Gasteiger partial charge >= 0.3 is 0 Å². The number of fused-ring (bicyclic) bond motifs is 1. The number of hydrogen-bond acceptors (Lipinski definition) is 5. The van der Waals surface area contributed by atoms with Crippen molar-refractivity contribution in [1.29, 1.82) is 0 Å². The van der Waals surface area contributed by atoms with E-state index < -0.39 is 0 Å². The summed E-state index contributed by atoms with van der Waals surface area (Å²) in [6, 6.07) is 8.89. The van der Waals surface area contributed by atoms with Gasteiger partial charge in [0, 0.05) is 31.6 Å². The van der Waals surface area contributed by atoms with Crippen LogP contribution in [0.5, 0.6) is 5.75 Å². The van der Waals surface area contributed by atoms with Gasteiger partial charge in [-0.05, 0) is 37.6 Å². The largest absolute Gasteiger partial charge is 0.497 e. The Bertz CT molecular complexity index is 767. The summed E-state index contributed by atoms with van der Waals surface area (Å²) >= 11 is 6.36. The lowest BCUT2D eigenvalue weighted by Gasteiger charge is -2.27. The van der Waals surface area contributed by atoms with E-state index in [2.05, 4.69) is 38.9 Å². The van der Waals surface area contributed by atoms with Gasteiger partial charge in [0.15, 0.2) is 5.82 Å². The Hall–Kier alpha value is -1.85. The van der Waals surface area contributed by atoms with E-state index in [4.69, 9.17) is 16.3 Å². The Balaban J connectivity index is 1.59. The Kier molecular flexibility index (Phi) is 4.29. The molecule has 2 fully saturated rings. The van der Waals surface area contributed by atoms with E-state index in [0.29, 0.717) is 22.9 Å². The predicted octanol–water partition coefficient (Wildman–Crippen LogP) is 3.19. The van der Waals surface area contributed by atoms with Crippen molar-refractivity contribution in [3.05, 3.63) is 46.9 Å². The van der Waals surface area contributed by atoms with Crippen LogP contribution in [0.25, 0.3) is 0 Å². The van der Waals surface area contributed by atoms with Crippen LogP contribution in [0.3, 0.4) is 0 Å². The Morgan fingerprint density at radius 3 is 2.64 bits per heavy atom. The molecular formula is C19H23ClN4O. The average molecular weight is 359 g/mol. The van der Waals surface area contributed by atoms with Crippen molar-refractivity contribution >= 4 is 17.4 Å². The minimum atomic E-state index is 0.419. The molecule has 2 aromatic rings. The SMILES string of the molecule is COc1ccc([C@@H]2[C@@H]3CN(c4nc(C)ncc4Cl)C[C@@H]3CN2C)cc1. The Morgan fingerprint density at radius 1 is 1.16 bits per heavy atom. The molecule has 0 aliphatic carbocycles. The van der Waals surface area contributed by atoms with Crippen LogP contribution in [0.4, 0.5) is 5.82 Å². The molecule has 0 N–H and O–H groups in total. The second-order valence-electron chi connectivity index (χ2n) is 7.08. The molecule has 1 aromatic heterocycles. The zero-order chi connectivity index (χ0) is 17.6. The Labute approximate surface area is 153 Å². The van der Waals surface area contributed by atoms with Crippen molar-refractivity contribution < 1.29 is 4.74 Å². The summed E-state index contributed by atoms with van der Waals surface area (Å²) in [5.41, 5.74) is 1.35. The first-order valence-electron chi connectivity index (χ1n) is 8.65. The minimum Gasteiger partial charge on any atom is -0.497 e. The second kappa shape index (κ2) is 6.46. The molecule has 0 spiro atoms. The van der Waals surface area contributed by atoms with Gasteiger partial charge in [0.2, 0.25) is 0 Å². The average Bonchev–Trinajstić information content (AvgIpc) is 3.13. The van der Waals surface area contributed by atoms with Crippen molar-refractivity contribution in [2.45, 2.75) is 13.0 Å². The van der Waals surface area contributed by atoms with E-state index in [1.807, 2.05) is 19.1 Å². The molecule has 132 valence electrons. The van der Waals surface area contributed by atoms with Crippen molar-refractivity contribution in [3.8, 4) is 5.75 Å². The first-order chi connectivity index (χ1) is 12.1. The molecule has 0 saturated carbocycles. The van der Waals surface area contributed by atoms with Gasteiger partial charge in [-0.15, -0.1) is 0 Å². The Morgan fingerprint density at radius 2 is 1.92 bits per heavy atom. The molecule has 3 heterocycles. The quantitative estimate of drug-likeness (QED) is 0.842. The summed E-state index contributed by atoms with van der Waals surface area (Å²) in [7, 11) is 3.92. The molecule has 0 unspecified atom stereocenters. The number of benzene rings is 1. The number of methoxy groups -OCH3 is 1. The van der Waals surface area contributed by atoms with Crippen molar-refractivity contribution in [3.63, 3.8) is 0 Å². The van der Waals surface area contributed by atoms with Crippen molar-refractivity contribution in [1.82, 2.24) is 14.9 Å². The van der Waals surface area contributed by atoms with Gasteiger partial charge in [0.25, 0.3) is 0 Å². The first-order valence-corrected chi connectivity index (χ1v) is 9.03. The van der Waals surface area contributed by atoms with Gasteiger partial charge in [0.1, 0.15) is 16.6 Å². The van der Waals surface area contributed by atoms with E-state index in [1.54, 1.807) is 13.3 Å². The van der Waals surface area contributed by atoms with Gasteiger partial charge in [-0.1, -0.05) is 23.7 Å². The van der Waals surface area contributed by atoms with Gasteiger partial charge in [-0.25, -0.2) is 9.97 Å². The summed E-state index contributed by atoms with van der Waals surface area (Å²) in [6.45, 7) is 4.98. The zero-order valence-corrected chi connectivity index (χ0v) is 15.6. The number of aryl methyl sites for hydroxylation is 1. The molecule has 2 saturated heterocycles. The molecule has 0 radical (unpaired) electrons. The second-order valence-corrected chi connectivity index (χ2v) is 7.48. The fourth-order valence-electron chi connectivity index (χ4n) is 4.40. The maximum absolute atomic E-state index is 6.36. The maximum atomic E-state index is 6.36. The van der Waals surface area contributed by atoms with Crippen molar-refractivity contribution in [2.75, 3.05) is 38.7 Å². The summed E-state index contributed by atoms with van der Waals surface area (Å²) in [6.07, 6.45) is 1.71. The molecule has 5 nitrogen and oxygen atoms in total. The summed E-state index contributed by atoms with van der Waals surface area (Å²) in [5, 5.41) is 0.639. The lowest BCUT2D eigenvalue weighted by atomic mass is 9.89. The lowest BCUT2D eigenvalue weighted by molar-refractivity contribution is 0.279. The number of ether oxygens (including phenoxy) is 1. The highest BCUT2D eigenvalue weighted by atomic mass is 35.5. The standard InChI is InChI=1S/C19H23ClN4O/c1-12-21-8-17(20)19(22-12)24-10-14-9-23(2)18(16(14)11-24)13-4-6-15(25-3)7-5-13/h4-8,14,16,18H,9-11H2,1-3H3/t14-,16+,18+/m0/s1. The molecule has 2 aliphatic heterocycles. The van der Waals surface area contributed by atoms with Crippen LogP contribution in [-0.4, -0.2) is 48.7 Å². The minimum absolute atomic E-state index is 0.419. The molecule has 6 heteroatoms. The van der Waals surface area contributed by atoms with Gasteiger partial charge in [-0.2, -0.15) is 0 Å². The van der Waals surface area contributed by atoms with Gasteiger partial charge < -0.3 is 9.64 Å². The number of hydrogen-bond donors (Lipinski definition) is 0. The summed E-state index contributed by atoms with van der Waals surface area (Å²) in [5.74, 6) is 3.74. The number of anilines is 1. The van der Waals surface area contributed by atoms with E-state index in [9.17, 15) is 0 Å². The maximum Gasteiger partial charge on any atom is 0.151 e. The van der Waals surface area contributed by atoms with E-state index in [1.165, 1.54) is 5.56 Å². The smallest absolute Gasteiger partial charge is 0.151 e. The van der Waals surface area contributed by atoms with Crippen LogP contribution in [0, 0.1) is 18.8 Å². The van der Waals surface area contributed by atoms with Crippen LogP contribution in [0.2, 0.25) is 5.02 Å². The predicted molar refractivity (Wildman–Crippen MR) is 99.3 cm³/mol. The summed E-state index contributed by atoms with van der Waals surface area (Å²) < 4.78 is 5.29. The number of likely N-dealkylation sites (tertiary alicyclic amines) is 1. The monoisotopic (exact) mass is 358 g/mol. The molecule has 4 rings (SSSR count). The lowest BCUT2D eigenvalue weighted by Crippen LogP contribution is -2.29. The number of nitrogens with zero attached hydrogens (tertiary/aromatic N) is 4. The van der Waals surface area contributed by atoms with E-state index in [-0.39, 0.29) is 0 Å². The number of halogens is 1. The third kappa shape index (κ3) is 2.96. The van der Waals surface area contributed by atoms with Crippen LogP contribution >= 0.6 is 11.6 Å². The van der Waals surface area contributed by atoms with E-state index in [0.717, 1.165) is 37.0 Å². The highest BCUT2D eigenvalue weighted by Gasteiger charge is 2.46. The molecule has 3 atom stereocenters. The molecule has 2 aliphatic rings. The third-order valence-electron chi connectivity index (χ3n) is 5.50. The molecule has 1 aromatic carbocycles. The normalized spacial score (nSPS) is 26.1. The summed E-state index contributed by atoms with van der Waals surface area (Å²) in [4.78, 5) is 13.6.